The summed E-state index contributed by atoms with van der Waals surface area (Å²) in [6.45, 7) is -1.52. The summed E-state index contributed by atoms with van der Waals surface area (Å²) in [5.74, 6) is -0.937. The average molecular weight is 269 g/mol. The van der Waals surface area contributed by atoms with Crippen molar-refractivity contribution in [1.29, 1.82) is 0 Å². The van der Waals surface area contributed by atoms with E-state index in [9.17, 15) is 18.0 Å². The molecule has 0 aliphatic carbocycles. The lowest BCUT2D eigenvalue weighted by Gasteiger charge is -2.05. The maximum absolute atomic E-state index is 11.8. The van der Waals surface area contributed by atoms with Crippen molar-refractivity contribution in [1.82, 2.24) is 4.98 Å². The third kappa shape index (κ3) is 6.22. The fourth-order valence-electron chi connectivity index (χ4n) is 1.02. The molecule has 0 saturated carbocycles. The van der Waals surface area contributed by atoms with Gasteiger partial charge in [0.2, 0.25) is 0 Å². The van der Waals surface area contributed by atoms with Crippen LogP contribution in [-0.4, -0.2) is 28.8 Å². The van der Waals surface area contributed by atoms with Crippen LogP contribution in [0.4, 0.5) is 13.2 Å². The number of nitrogens with zero attached hydrogens (tertiary/aromatic N) is 1. The highest BCUT2D eigenvalue weighted by molar-refractivity contribution is 7.09. The number of carboxylic acids is 1. The molecular weight excluding hydrogens is 259 g/mol. The summed E-state index contributed by atoms with van der Waals surface area (Å²) < 4.78 is 39.7. The zero-order chi connectivity index (χ0) is 12.9. The van der Waals surface area contributed by atoms with Crippen molar-refractivity contribution in [2.24, 2.45) is 0 Å². The van der Waals surface area contributed by atoms with E-state index >= 15 is 0 Å². The predicted octanol–water partition coefficient (Wildman–Crippen LogP) is 2.24. The van der Waals surface area contributed by atoms with Gasteiger partial charge in [-0.1, -0.05) is 0 Å². The summed E-state index contributed by atoms with van der Waals surface area (Å²) in [7, 11) is 0. The molecule has 0 aliphatic rings. The Morgan fingerprint density at radius 1 is 1.53 bits per heavy atom. The SMILES string of the molecule is O=C(O)CCc1csc(COCC(F)(F)F)n1. The molecule has 4 nitrogen and oxygen atoms in total. The number of carbonyl (C=O) groups is 1. The third-order valence-electron chi connectivity index (χ3n) is 1.69. The smallest absolute Gasteiger partial charge is 0.411 e. The van der Waals surface area contributed by atoms with Crippen molar-refractivity contribution in [3.63, 3.8) is 0 Å². The van der Waals surface area contributed by atoms with Gasteiger partial charge in [0.15, 0.2) is 0 Å². The van der Waals surface area contributed by atoms with Gasteiger partial charge in [-0.3, -0.25) is 4.79 Å². The number of aryl methyl sites for hydroxylation is 1. The second kappa shape index (κ2) is 5.97. The summed E-state index contributed by atoms with van der Waals surface area (Å²) in [6, 6.07) is 0. The first kappa shape index (κ1) is 13.9. The van der Waals surface area contributed by atoms with Crippen molar-refractivity contribution in [3.8, 4) is 0 Å². The van der Waals surface area contributed by atoms with E-state index in [1.54, 1.807) is 5.38 Å². The summed E-state index contributed by atoms with van der Waals surface area (Å²) >= 11 is 1.16. The van der Waals surface area contributed by atoms with Gasteiger partial charge >= 0.3 is 12.1 Å². The minimum absolute atomic E-state index is 0.0490. The first-order valence-corrected chi connectivity index (χ1v) is 5.54. The van der Waals surface area contributed by atoms with Crippen molar-refractivity contribution in [3.05, 3.63) is 16.1 Å². The van der Waals surface area contributed by atoms with E-state index in [-0.39, 0.29) is 19.4 Å². The van der Waals surface area contributed by atoms with Gasteiger partial charge in [-0.05, 0) is 0 Å². The van der Waals surface area contributed by atoms with Gasteiger partial charge in [0.25, 0.3) is 0 Å². The molecule has 1 rings (SSSR count). The van der Waals surface area contributed by atoms with Crippen LogP contribution in [0.2, 0.25) is 0 Å². The summed E-state index contributed by atoms with van der Waals surface area (Å²) in [5, 5.41) is 10.5. The molecule has 1 aromatic rings. The van der Waals surface area contributed by atoms with Crippen LogP contribution in [0.5, 0.6) is 0 Å². The molecule has 0 atom stereocenters. The standard InChI is InChI=1S/C9H10F3NO3S/c10-9(11,12)5-16-3-7-13-6(4-17-7)1-2-8(14)15/h4H,1-3,5H2,(H,14,15). The lowest BCUT2D eigenvalue weighted by Crippen LogP contribution is -2.16. The molecule has 1 heterocycles. The number of ether oxygens (including phenoxy) is 1. The van der Waals surface area contributed by atoms with Gasteiger partial charge in [-0.2, -0.15) is 13.2 Å². The van der Waals surface area contributed by atoms with E-state index in [1.165, 1.54) is 0 Å². The molecule has 0 fully saturated rings. The predicted molar refractivity (Wildman–Crippen MR) is 53.8 cm³/mol. The number of carboxylic acid groups (broad SMARTS) is 1. The molecule has 0 radical (unpaired) electrons. The number of hydrogen-bond donors (Lipinski definition) is 1. The van der Waals surface area contributed by atoms with Crippen LogP contribution in [0.25, 0.3) is 0 Å². The Labute approximate surface area is 99.0 Å². The number of hydrogen-bond acceptors (Lipinski definition) is 4. The van der Waals surface area contributed by atoms with Gasteiger partial charge in [-0.25, -0.2) is 4.98 Å². The summed E-state index contributed by atoms with van der Waals surface area (Å²) in [4.78, 5) is 14.3. The minimum Gasteiger partial charge on any atom is -0.481 e. The molecule has 0 saturated heterocycles. The van der Waals surface area contributed by atoms with Crippen LogP contribution in [0.1, 0.15) is 17.1 Å². The van der Waals surface area contributed by atoms with E-state index in [4.69, 9.17) is 5.11 Å². The molecule has 0 amide bonds. The van der Waals surface area contributed by atoms with Crippen molar-refractivity contribution in [2.75, 3.05) is 6.61 Å². The number of alkyl halides is 3. The molecule has 1 aromatic heterocycles. The number of rotatable bonds is 6. The highest BCUT2D eigenvalue weighted by atomic mass is 32.1. The normalized spacial score (nSPS) is 11.7. The zero-order valence-electron chi connectivity index (χ0n) is 8.66. The second-order valence-corrected chi connectivity index (χ2v) is 4.18. The molecule has 8 heteroatoms. The van der Waals surface area contributed by atoms with Gasteiger partial charge in [-0.15, -0.1) is 11.3 Å². The Kier molecular flexibility index (Phi) is 4.88. The Hall–Kier alpha value is -1.15. The van der Waals surface area contributed by atoms with Gasteiger partial charge in [0.05, 0.1) is 18.7 Å². The van der Waals surface area contributed by atoms with Crippen LogP contribution < -0.4 is 0 Å². The molecule has 96 valence electrons. The third-order valence-corrected chi connectivity index (χ3v) is 2.56. The highest BCUT2D eigenvalue weighted by Crippen LogP contribution is 2.17. The Balaban J connectivity index is 2.33. The topological polar surface area (TPSA) is 59.4 Å². The number of aromatic nitrogens is 1. The Bertz CT molecular complexity index is 378. The zero-order valence-corrected chi connectivity index (χ0v) is 9.48. The quantitative estimate of drug-likeness (QED) is 0.860. The molecule has 17 heavy (non-hydrogen) atoms. The van der Waals surface area contributed by atoms with Gasteiger partial charge < -0.3 is 9.84 Å². The van der Waals surface area contributed by atoms with E-state index < -0.39 is 18.8 Å². The molecular formula is C9H10F3NO3S. The number of aliphatic carboxylic acids is 1. The Morgan fingerprint density at radius 2 is 2.24 bits per heavy atom. The largest absolute Gasteiger partial charge is 0.481 e. The lowest BCUT2D eigenvalue weighted by molar-refractivity contribution is -0.176. The van der Waals surface area contributed by atoms with E-state index in [1.807, 2.05) is 0 Å². The monoisotopic (exact) mass is 269 g/mol. The number of halogens is 3. The van der Waals surface area contributed by atoms with Crippen LogP contribution >= 0.6 is 11.3 Å². The first-order valence-electron chi connectivity index (χ1n) is 4.66. The van der Waals surface area contributed by atoms with Crippen molar-refractivity contribution in [2.45, 2.75) is 25.6 Å². The molecule has 0 aliphatic heterocycles. The van der Waals surface area contributed by atoms with Gasteiger partial charge in [0.1, 0.15) is 11.6 Å². The maximum Gasteiger partial charge on any atom is 0.411 e. The van der Waals surface area contributed by atoms with Gasteiger partial charge in [0, 0.05) is 11.8 Å². The van der Waals surface area contributed by atoms with Crippen LogP contribution in [0.15, 0.2) is 5.38 Å². The second-order valence-electron chi connectivity index (χ2n) is 3.23. The van der Waals surface area contributed by atoms with Crippen LogP contribution in [0, 0.1) is 0 Å². The fourth-order valence-corrected chi connectivity index (χ4v) is 1.78. The molecule has 0 spiro atoms. The minimum atomic E-state index is -4.34. The molecule has 0 bridgehead atoms. The van der Waals surface area contributed by atoms with E-state index in [0.29, 0.717) is 10.7 Å². The maximum atomic E-state index is 11.8. The van der Waals surface area contributed by atoms with Crippen LogP contribution in [0.3, 0.4) is 0 Å². The molecule has 0 unspecified atom stereocenters. The Morgan fingerprint density at radius 3 is 2.82 bits per heavy atom. The van der Waals surface area contributed by atoms with Crippen molar-refractivity contribution >= 4 is 17.3 Å². The lowest BCUT2D eigenvalue weighted by atomic mass is 10.2. The van der Waals surface area contributed by atoms with E-state index in [2.05, 4.69) is 9.72 Å². The van der Waals surface area contributed by atoms with Crippen LogP contribution in [-0.2, 0) is 22.6 Å². The fraction of sp³-hybridized carbons (Fsp3) is 0.556. The molecule has 0 aromatic carbocycles. The summed E-state index contributed by atoms with van der Waals surface area (Å²) in [6.07, 6.45) is -4.12. The molecule has 1 N–H and O–H groups in total. The highest BCUT2D eigenvalue weighted by Gasteiger charge is 2.27. The average Bonchev–Trinajstić information content (AvgIpc) is 2.61. The number of thiazole rings is 1. The van der Waals surface area contributed by atoms with E-state index in [0.717, 1.165) is 11.3 Å². The van der Waals surface area contributed by atoms with Crippen molar-refractivity contribution < 1.29 is 27.8 Å². The first-order chi connectivity index (χ1) is 7.87. The summed E-state index contributed by atoms with van der Waals surface area (Å²) in [5.41, 5.74) is 0.558.